The Morgan fingerprint density at radius 2 is 1.74 bits per heavy atom. The third kappa shape index (κ3) is 16.1. The van der Waals surface area contributed by atoms with Crippen LogP contribution in [0.25, 0.3) is 0 Å². The van der Waals surface area contributed by atoms with Crippen LogP contribution in [0, 0.1) is 0 Å². The van der Waals surface area contributed by atoms with E-state index in [4.69, 9.17) is 30.0 Å². The molecule has 0 saturated carbocycles. The Bertz CT molecular complexity index is 332. The van der Waals surface area contributed by atoms with Crippen LogP contribution < -0.4 is 0 Å². The van der Waals surface area contributed by atoms with Gasteiger partial charge in [0.2, 0.25) is 0 Å². The largest absolute Gasteiger partial charge is 0.480 e. The van der Waals surface area contributed by atoms with Gasteiger partial charge in [-0.05, 0) is 19.4 Å². The highest BCUT2D eigenvalue weighted by atomic mass is 16.5. The van der Waals surface area contributed by atoms with Crippen molar-refractivity contribution in [1.29, 1.82) is 0 Å². The molecule has 0 aromatic carbocycles. The predicted molar refractivity (Wildman–Crippen MR) is 63.1 cm³/mol. The van der Waals surface area contributed by atoms with Gasteiger partial charge in [0.05, 0.1) is 0 Å². The number of carboxylic acids is 2. The Balaban J connectivity index is 0. The van der Waals surface area contributed by atoms with Crippen molar-refractivity contribution in [3.63, 3.8) is 0 Å². The van der Waals surface area contributed by atoms with Gasteiger partial charge in [0, 0.05) is 13.3 Å². The summed E-state index contributed by atoms with van der Waals surface area (Å²) in [5.41, 5.74) is 0. The van der Waals surface area contributed by atoms with Crippen LogP contribution in [0.5, 0.6) is 0 Å². The number of rotatable bonds is 3. The molecule has 0 aliphatic heterocycles. The fraction of sp³-hybridized carbons (Fsp3) is 0.545. The standard InChI is InChI=1S/C6H8O2.C3H6O3.C2H4O3/c1-5(7)8-6-3-2-4-6;1-2(4)3(5)6;3-1-2(4)5/h3H,2,4H2,1H3;2,4H,1H3,(H,5,6);3H,1H2,(H,4,5). The Hall–Kier alpha value is -1.93. The maximum atomic E-state index is 10.2. The summed E-state index contributed by atoms with van der Waals surface area (Å²) < 4.78 is 4.71. The summed E-state index contributed by atoms with van der Waals surface area (Å²) in [6, 6.07) is 0. The van der Waals surface area contributed by atoms with Crippen LogP contribution in [-0.2, 0) is 19.1 Å². The minimum absolute atomic E-state index is 0.212. The highest BCUT2D eigenvalue weighted by molar-refractivity contribution is 5.71. The van der Waals surface area contributed by atoms with E-state index in [2.05, 4.69) is 0 Å². The molecule has 0 radical (unpaired) electrons. The quantitative estimate of drug-likeness (QED) is 0.517. The topological polar surface area (TPSA) is 141 Å². The van der Waals surface area contributed by atoms with Gasteiger partial charge >= 0.3 is 17.9 Å². The molecule has 0 fully saturated rings. The Morgan fingerprint density at radius 1 is 1.37 bits per heavy atom. The molecule has 0 spiro atoms. The molecule has 1 rings (SSSR count). The number of hydrogen-bond acceptors (Lipinski definition) is 6. The summed E-state index contributed by atoms with van der Waals surface area (Å²) in [6.45, 7) is 1.83. The maximum Gasteiger partial charge on any atom is 0.332 e. The third-order valence-corrected chi connectivity index (χ3v) is 1.53. The van der Waals surface area contributed by atoms with Gasteiger partial charge in [-0.15, -0.1) is 0 Å². The molecule has 0 saturated heterocycles. The second-order valence-electron chi connectivity index (χ2n) is 3.37. The van der Waals surface area contributed by atoms with Gasteiger partial charge < -0.3 is 25.2 Å². The zero-order chi connectivity index (χ0) is 15.4. The molecule has 1 aliphatic rings. The second-order valence-corrected chi connectivity index (χ2v) is 3.37. The van der Waals surface area contributed by atoms with Gasteiger partial charge in [0.1, 0.15) is 18.5 Å². The fourth-order valence-corrected chi connectivity index (χ4v) is 0.539. The smallest absolute Gasteiger partial charge is 0.332 e. The Morgan fingerprint density at radius 3 is 1.79 bits per heavy atom. The van der Waals surface area contributed by atoms with E-state index in [1.54, 1.807) is 0 Å². The number of ether oxygens (including phenoxy) is 1. The lowest BCUT2D eigenvalue weighted by molar-refractivity contribution is -0.145. The van der Waals surface area contributed by atoms with Gasteiger partial charge in [-0.25, -0.2) is 9.59 Å². The van der Waals surface area contributed by atoms with E-state index >= 15 is 0 Å². The lowest BCUT2D eigenvalue weighted by atomic mass is 10.1. The maximum absolute atomic E-state index is 10.2. The summed E-state index contributed by atoms with van der Waals surface area (Å²) in [4.78, 5) is 28.8. The molecule has 19 heavy (non-hydrogen) atoms. The molecule has 0 heterocycles. The first-order valence-electron chi connectivity index (χ1n) is 5.31. The van der Waals surface area contributed by atoms with Crippen molar-refractivity contribution >= 4 is 17.9 Å². The van der Waals surface area contributed by atoms with Gasteiger partial charge in [0.25, 0.3) is 0 Å². The second kappa shape index (κ2) is 11.2. The van der Waals surface area contributed by atoms with Crippen LogP contribution >= 0.6 is 0 Å². The number of carbonyl (C=O) groups excluding carboxylic acids is 1. The van der Waals surface area contributed by atoms with E-state index in [0.29, 0.717) is 0 Å². The van der Waals surface area contributed by atoms with E-state index in [1.807, 2.05) is 6.08 Å². The normalized spacial score (nSPS) is 13.2. The number of aliphatic carboxylic acids is 2. The molecule has 8 heteroatoms. The molecule has 0 aromatic heterocycles. The molecule has 8 nitrogen and oxygen atoms in total. The average Bonchev–Trinajstić information content (AvgIpc) is 2.25. The van der Waals surface area contributed by atoms with Gasteiger partial charge in [-0.3, -0.25) is 4.79 Å². The summed E-state index contributed by atoms with van der Waals surface area (Å²) in [7, 11) is 0. The first-order chi connectivity index (χ1) is 8.70. The molecule has 1 atom stereocenters. The first kappa shape index (κ1) is 19.4. The van der Waals surface area contributed by atoms with Crippen LogP contribution in [0.4, 0.5) is 0 Å². The lowest BCUT2D eigenvalue weighted by Crippen LogP contribution is -2.13. The van der Waals surface area contributed by atoms with Crippen LogP contribution in [0.15, 0.2) is 11.8 Å². The Kier molecular flexibility index (Phi) is 11.4. The zero-order valence-electron chi connectivity index (χ0n) is 10.7. The van der Waals surface area contributed by atoms with Crippen molar-refractivity contribution in [2.24, 2.45) is 0 Å². The summed E-state index contributed by atoms with van der Waals surface area (Å²) in [6.07, 6.45) is 2.67. The molecule has 0 aromatic rings. The molecular weight excluding hydrogens is 260 g/mol. The van der Waals surface area contributed by atoms with E-state index < -0.39 is 24.6 Å². The van der Waals surface area contributed by atoms with Crippen molar-refractivity contribution < 1.29 is 39.5 Å². The van der Waals surface area contributed by atoms with Crippen LogP contribution in [-0.4, -0.2) is 51.0 Å². The van der Waals surface area contributed by atoms with Crippen molar-refractivity contribution in [3.8, 4) is 0 Å². The molecule has 110 valence electrons. The fourth-order valence-electron chi connectivity index (χ4n) is 0.539. The van der Waals surface area contributed by atoms with Gasteiger partial charge in [-0.2, -0.15) is 0 Å². The molecule has 4 N–H and O–H groups in total. The number of hydrogen-bond donors (Lipinski definition) is 4. The van der Waals surface area contributed by atoms with Gasteiger partial charge in [-0.1, -0.05) is 0 Å². The average molecular weight is 278 g/mol. The number of aliphatic hydroxyl groups excluding tert-OH is 2. The Labute approximate surface area is 109 Å². The number of esters is 1. The highest BCUT2D eigenvalue weighted by Crippen LogP contribution is 2.18. The zero-order valence-corrected chi connectivity index (χ0v) is 10.7. The number of carbonyl (C=O) groups is 3. The van der Waals surface area contributed by atoms with Crippen molar-refractivity contribution in [1.82, 2.24) is 0 Å². The van der Waals surface area contributed by atoms with E-state index in [1.165, 1.54) is 13.8 Å². The van der Waals surface area contributed by atoms with Crippen molar-refractivity contribution in [2.75, 3.05) is 6.61 Å². The molecule has 0 bridgehead atoms. The number of allylic oxidation sites excluding steroid dienone is 2. The van der Waals surface area contributed by atoms with E-state index in [-0.39, 0.29) is 5.97 Å². The summed E-state index contributed by atoms with van der Waals surface area (Å²) >= 11 is 0. The molecule has 0 amide bonds. The summed E-state index contributed by atoms with van der Waals surface area (Å²) in [5, 5.41) is 30.8. The SMILES string of the molecule is CC(=O)OC1=CCC1.CC(O)C(=O)O.O=C(O)CO. The minimum atomic E-state index is -1.23. The third-order valence-electron chi connectivity index (χ3n) is 1.53. The van der Waals surface area contributed by atoms with Crippen LogP contribution in [0.3, 0.4) is 0 Å². The van der Waals surface area contributed by atoms with Gasteiger partial charge in [0.15, 0.2) is 0 Å². The predicted octanol–water partition coefficient (Wildman–Crippen LogP) is -0.258. The van der Waals surface area contributed by atoms with Crippen molar-refractivity contribution in [3.05, 3.63) is 11.8 Å². The van der Waals surface area contributed by atoms with Crippen LogP contribution in [0.1, 0.15) is 26.7 Å². The lowest BCUT2D eigenvalue weighted by Gasteiger charge is -2.11. The van der Waals surface area contributed by atoms with Crippen LogP contribution in [0.2, 0.25) is 0 Å². The van der Waals surface area contributed by atoms with Crippen molar-refractivity contribution in [2.45, 2.75) is 32.8 Å². The number of carboxylic acid groups (broad SMARTS) is 2. The monoisotopic (exact) mass is 278 g/mol. The highest BCUT2D eigenvalue weighted by Gasteiger charge is 2.07. The summed E-state index contributed by atoms with van der Waals surface area (Å²) in [5.74, 6) is -1.76. The van der Waals surface area contributed by atoms with E-state index in [0.717, 1.165) is 18.6 Å². The molecular formula is C11H18O8. The first-order valence-corrected chi connectivity index (χ1v) is 5.31. The minimum Gasteiger partial charge on any atom is -0.480 e. The van der Waals surface area contributed by atoms with E-state index in [9.17, 15) is 9.59 Å². The molecule has 1 aliphatic carbocycles. The number of aliphatic hydroxyl groups is 2. The molecule has 1 unspecified atom stereocenters.